The summed E-state index contributed by atoms with van der Waals surface area (Å²) in [5.74, 6) is 0.0160. The third kappa shape index (κ3) is 6.04. The summed E-state index contributed by atoms with van der Waals surface area (Å²) in [5, 5.41) is 3.01. The van der Waals surface area contributed by atoms with Crippen LogP contribution >= 0.6 is 0 Å². The minimum absolute atomic E-state index is 0.0846. The first-order chi connectivity index (χ1) is 13.5. The van der Waals surface area contributed by atoms with Gasteiger partial charge in [0.25, 0.3) is 0 Å². The number of rotatable bonds is 6. The highest BCUT2D eigenvalue weighted by Gasteiger charge is 2.23. The fourth-order valence-electron chi connectivity index (χ4n) is 4.17. The monoisotopic (exact) mass is 387 g/mol. The smallest absolute Gasteiger partial charge is 0.239 e. The Bertz CT molecular complexity index is 669. The number of hydrogen-bond donors (Lipinski definition) is 1. The fourth-order valence-corrected chi connectivity index (χ4v) is 4.17. The van der Waals surface area contributed by atoms with Crippen molar-refractivity contribution in [2.24, 2.45) is 0 Å². The van der Waals surface area contributed by atoms with Crippen molar-refractivity contribution in [1.82, 2.24) is 15.1 Å². The van der Waals surface area contributed by atoms with Crippen LogP contribution in [-0.4, -0.2) is 60.0 Å². The molecular formula is C22H33N3O3. The van der Waals surface area contributed by atoms with Crippen molar-refractivity contribution in [2.75, 3.05) is 26.2 Å². The second-order valence-corrected chi connectivity index (χ2v) is 8.12. The second kappa shape index (κ2) is 10.0. The molecule has 2 unspecified atom stereocenters. The van der Waals surface area contributed by atoms with Gasteiger partial charge in [-0.1, -0.05) is 30.7 Å². The van der Waals surface area contributed by atoms with Gasteiger partial charge >= 0.3 is 0 Å². The molecule has 0 aromatic heterocycles. The van der Waals surface area contributed by atoms with Crippen LogP contribution in [0.5, 0.6) is 0 Å². The van der Waals surface area contributed by atoms with E-state index < -0.39 is 0 Å². The van der Waals surface area contributed by atoms with Crippen molar-refractivity contribution in [3.63, 3.8) is 0 Å². The normalized spacial score (nSPS) is 24.1. The number of amides is 2. The van der Waals surface area contributed by atoms with Crippen LogP contribution in [0.4, 0.5) is 0 Å². The number of morpholine rings is 1. The summed E-state index contributed by atoms with van der Waals surface area (Å²) in [4.78, 5) is 28.6. The number of carbonyl (C=O) groups excluding carboxylic acids is 2. The first-order valence-corrected chi connectivity index (χ1v) is 10.5. The zero-order valence-corrected chi connectivity index (χ0v) is 17.2. The molecule has 0 bridgehead atoms. The van der Waals surface area contributed by atoms with Gasteiger partial charge < -0.3 is 15.0 Å². The molecule has 2 fully saturated rings. The second-order valence-electron chi connectivity index (χ2n) is 8.12. The molecule has 0 saturated carbocycles. The highest BCUT2D eigenvalue weighted by molar-refractivity contribution is 5.84. The summed E-state index contributed by atoms with van der Waals surface area (Å²) in [6.45, 7) is 8.26. The van der Waals surface area contributed by atoms with Gasteiger partial charge in [0.15, 0.2) is 0 Å². The highest BCUT2D eigenvalue weighted by Crippen LogP contribution is 2.17. The van der Waals surface area contributed by atoms with Gasteiger partial charge in [-0.05, 0) is 37.8 Å². The Morgan fingerprint density at radius 3 is 2.57 bits per heavy atom. The van der Waals surface area contributed by atoms with Crippen LogP contribution in [-0.2, 0) is 27.4 Å². The van der Waals surface area contributed by atoms with Gasteiger partial charge in [-0.3, -0.25) is 14.5 Å². The summed E-state index contributed by atoms with van der Waals surface area (Å²) >= 11 is 0. The SMILES string of the molecule is CC1CN(Cc2ccccc2CNC(=O)CN2CCCCCC2=O)CC(C)O1. The lowest BCUT2D eigenvalue weighted by molar-refractivity contribution is -0.135. The number of nitrogens with one attached hydrogen (secondary N) is 1. The van der Waals surface area contributed by atoms with Crippen LogP contribution in [0.25, 0.3) is 0 Å². The summed E-state index contributed by atoms with van der Waals surface area (Å²) in [6.07, 6.45) is 4.02. The van der Waals surface area contributed by atoms with Crippen molar-refractivity contribution >= 4 is 11.8 Å². The average molecular weight is 388 g/mol. The molecule has 0 radical (unpaired) electrons. The Hall–Kier alpha value is -1.92. The van der Waals surface area contributed by atoms with Crippen molar-refractivity contribution < 1.29 is 14.3 Å². The van der Waals surface area contributed by atoms with Gasteiger partial charge in [0.05, 0.1) is 18.8 Å². The standard InChI is InChI=1S/C22H33N3O3/c1-17-13-24(14-18(2)28-17)15-20-9-6-5-8-19(20)12-23-21(26)16-25-11-7-3-4-10-22(25)27/h5-6,8-9,17-18H,3-4,7,10-16H2,1-2H3,(H,23,26). The molecule has 2 heterocycles. The third-order valence-corrected chi connectivity index (χ3v) is 5.49. The maximum atomic E-state index is 12.4. The number of carbonyl (C=O) groups is 2. The van der Waals surface area contributed by atoms with E-state index in [1.807, 2.05) is 12.1 Å². The summed E-state index contributed by atoms with van der Waals surface area (Å²) in [7, 11) is 0. The van der Waals surface area contributed by atoms with Crippen molar-refractivity contribution in [1.29, 1.82) is 0 Å². The lowest BCUT2D eigenvalue weighted by atomic mass is 10.1. The van der Waals surface area contributed by atoms with Gasteiger partial charge in [0.1, 0.15) is 0 Å². The maximum Gasteiger partial charge on any atom is 0.239 e. The predicted octanol–water partition coefficient (Wildman–Crippen LogP) is 2.31. The lowest BCUT2D eigenvalue weighted by Gasteiger charge is -2.35. The molecule has 2 aliphatic rings. The van der Waals surface area contributed by atoms with Crippen LogP contribution in [0.3, 0.4) is 0 Å². The number of hydrogen-bond acceptors (Lipinski definition) is 4. The Kier molecular flexibility index (Phi) is 7.45. The van der Waals surface area contributed by atoms with E-state index in [1.54, 1.807) is 4.90 Å². The van der Waals surface area contributed by atoms with Gasteiger partial charge in [0.2, 0.25) is 11.8 Å². The van der Waals surface area contributed by atoms with Crippen LogP contribution in [0.2, 0.25) is 0 Å². The first-order valence-electron chi connectivity index (χ1n) is 10.5. The van der Waals surface area contributed by atoms with E-state index >= 15 is 0 Å². The minimum Gasteiger partial charge on any atom is -0.373 e. The van der Waals surface area contributed by atoms with Crippen LogP contribution in [0.15, 0.2) is 24.3 Å². The Morgan fingerprint density at radius 1 is 1.11 bits per heavy atom. The molecular weight excluding hydrogens is 354 g/mol. The summed E-state index contributed by atoms with van der Waals surface area (Å²) in [6, 6.07) is 8.25. The van der Waals surface area contributed by atoms with E-state index in [2.05, 4.69) is 36.2 Å². The third-order valence-electron chi connectivity index (χ3n) is 5.49. The maximum absolute atomic E-state index is 12.4. The fraction of sp³-hybridized carbons (Fsp3) is 0.636. The van der Waals surface area contributed by atoms with Gasteiger partial charge in [-0.15, -0.1) is 0 Å². The van der Waals surface area contributed by atoms with Crippen LogP contribution in [0, 0.1) is 0 Å². The molecule has 0 spiro atoms. The van der Waals surface area contributed by atoms with Gasteiger partial charge in [0, 0.05) is 39.1 Å². The van der Waals surface area contributed by atoms with E-state index in [9.17, 15) is 9.59 Å². The van der Waals surface area contributed by atoms with E-state index in [-0.39, 0.29) is 30.6 Å². The van der Waals surface area contributed by atoms with Gasteiger partial charge in [-0.25, -0.2) is 0 Å². The summed E-state index contributed by atoms with van der Waals surface area (Å²) < 4.78 is 5.82. The van der Waals surface area contributed by atoms with E-state index in [1.165, 1.54) is 5.56 Å². The average Bonchev–Trinajstić information content (AvgIpc) is 2.84. The van der Waals surface area contributed by atoms with Gasteiger partial charge in [-0.2, -0.15) is 0 Å². The quantitative estimate of drug-likeness (QED) is 0.814. The van der Waals surface area contributed by atoms with Crippen LogP contribution < -0.4 is 5.32 Å². The highest BCUT2D eigenvalue weighted by atomic mass is 16.5. The van der Waals surface area contributed by atoms with E-state index in [0.29, 0.717) is 19.5 Å². The molecule has 1 aromatic carbocycles. The first kappa shape index (κ1) is 20.8. The van der Waals surface area contributed by atoms with Crippen molar-refractivity contribution in [3.05, 3.63) is 35.4 Å². The molecule has 28 heavy (non-hydrogen) atoms. The molecule has 154 valence electrons. The van der Waals surface area contributed by atoms with Crippen molar-refractivity contribution in [3.8, 4) is 0 Å². The molecule has 0 aliphatic carbocycles. The number of likely N-dealkylation sites (tertiary alicyclic amines) is 1. The molecule has 6 nitrogen and oxygen atoms in total. The zero-order chi connectivity index (χ0) is 19.9. The molecule has 2 aliphatic heterocycles. The molecule has 1 N–H and O–H groups in total. The minimum atomic E-state index is -0.0846. The van der Waals surface area contributed by atoms with Crippen LogP contribution in [0.1, 0.15) is 50.7 Å². The Labute approximate surface area is 168 Å². The largest absolute Gasteiger partial charge is 0.373 e. The molecule has 6 heteroatoms. The molecule has 1 aromatic rings. The van der Waals surface area contributed by atoms with E-state index in [0.717, 1.165) is 44.5 Å². The Balaban J connectivity index is 1.54. The molecule has 2 saturated heterocycles. The Morgan fingerprint density at radius 2 is 1.82 bits per heavy atom. The number of benzene rings is 1. The molecule has 3 rings (SSSR count). The number of ether oxygens (including phenoxy) is 1. The predicted molar refractivity (Wildman–Crippen MR) is 109 cm³/mol. The number of nitrogens with zero attached hydrogens (tertiary/aromatic N) is 2. The zero-order valence-electron chi connectivity index (χ0n) is 17.2. The molecule has 2 amide bonds. The summed E-state index contributed by atoms with van der Waals surface area (Å²) in [5.41, 5.74) is 2.36. The topological polar surface area (TPSA) is 61.9 Å². The van der Waals surface area contributed by atoms with E-state index in [4.69, 9.17) is 4.74 Å². The molecule has 2 atom stereocenters. The van der Waals surface area contributed by atoms with Crippen molar-refractivity contribution in [2.45, 2.75) is 64.8 Å². The lowest BCUT2D eigenvalue weighted by Crippen LogP contribution is -2.45.